The molecule has 0 heterocycles. The van der Waals surface area contributed by atoms with Gasteiger partial charge in [-0.2, -0.15) is 0 Å². The molecule has 0 atom stereocenters. The second-order valence-corrected chi connectivity index (χ2v) is 6.59. The molecule has 0 saturated carbocycles. The maximum absolute atomic E-state index is 4.59. The Labute approximate surface area is 156 Å². The van der Waals surface area contributed by atoms with E-state index in [2.05, 4.69) is 91.3 Å². The molecule has 0 N–H and O–H groups in total. The van der Waals surface area contributed by atoms with Gasteiger partial charge in [0.15, 0.2) is 0 Å². The number of nitrogens with zero attached hydrogens (tertiary/aromatic N) is 1. The number of aryl methyl sites for hydroxylation is 2. The molecule has 1 nitrogen and oxygen atoms in total. The third kappa shape index (κ3) is 5.03. The molecular formula is C25H25N. The van der Waals surface area contributed by atoms with Crippen LogP contribution in [0.4, 0.5) is 5.69 Å². The Morgan fingerprint density at radius 2 is 1.42 bits per heavy atom. The fourth-order valence-corrected chi connectivity index (χ4v) is 2.86. The molecule has 3 aromatic rings. The molecule has 0 unspecified atom stereocenters. The van der Waals surface area contributed by atoms with Gasteiger partial charge >= 0.3 is 0 Å². The highest BCUT2D eigenvalue weighted by Gasteiger charge is 1.98. The number of hydrogen-bond acceptors (Lipinski definition) is 1. The van der Waals surface area contributed by atoms with E-state index >= 15 is 0 Å². The van der Waals surface area contributed by atoms with Crippen LogP contribution in [0.15, 0.2) is 90.4 Å². The van der Waals surface area contributed by atoms with Gasteiger partial charge in [0.25, 0.3) is 0 Å². The number of rotatable bonds is 7. The van der Waals surface area contributed by atoms with E-state index in [-0.39, 0.29) is 0 Å². The summed E-state index contributed by atoms with van der Waals surface area (Å²) < 4.78 is 0. The number of allylic oxidation sites excluding steroid dienone is 1. The van der Waals surface area contributed by atoms with E-state index in [1.165, 1.54) is 22.3 Å². The fourth-order valence-electron chi connectivity index (χ4n) is 2.86. The lowest BCUT2D eigenvalue weighted by molar-refractivity contribution is 0.844. The molecule has 0 spiro atoms. The summed E-state index contributed by atoms with van der Waals surface area (Å²) in [6.45, 7) is 5.87. The lowest BCUT2D eigenvalue weighted by Gasteiger charge is -2.03. The molecule has 3 aromatic carbocycles. The fraction of sp³-hybridized carbons (Fsp3) is 0.160. The van der Waals surface area contributed by atoms with Gasteiger partial charge < -0.3 is 0 Å². The van der Waals surface area contributed by atoms with Crippen molar-refractivity contribution in [3.05, 3.63) is 102 Å². The second kappa shape index (κ2) is 8.96. The van der Waals surface area contributed by atoms with Gasteiger partial charge in [0, 0.05) is 6.21 Å². The van der Waals surface area contributed by atoms with Crippen molar-refractivity contribution in [2.24, 2.45) is 4.99 Å². The molecule has 0 fully saturated rings. The second-order valence-electron chi connectivity index (χ2n) is 6.59. The highest BCUT2D eigenvalue weighted by molar-refractivity contribution is 5.82. The van der Waals surface area contributed by atoms with Gasteiger partial charge in [-0.25, -0.2) is 0 Å². The first kappa shape index (κ1) is 17.9. The molecule has 3 rings (SSSR count). The van der Waals surface area contributed by atoms with E-state index in [9.17, 15) is 0 Å². The zero-order chi connectivity index (χ0) is 18.2. The van der Waals surface area contributed by atoms with Crippen LogP contribution in [0, 0.1) is 6.92 Å². The number of hydrogen-bond donors (Lipinski definition) is 0. The monoisotopic (exact) mass is 339 g/mol. The van der Waals surface area contributed by atoms with Gasteiger partial charge in [-0.05, 0) is 60.6 Å². The Morgan fingerprint density at radius 3 is 2.04 bits per heavy atom. The van der Waals surface area contributed by atoms with Crippen LogP contribution >= 0.6 is 0 Å². The first-order valence-corrected chi connectivity index (χ1v) is 9.15. The van der Waals surface area contributed by atoms with Gasteiger partial charge in [0.2, 0.25) is 0 Å². The molecule has 1 heteroatoms. The quantitative estimate of drug-likeness (QED) is 0.252. The summed E-state index contributed by atoms with van der Waals surface area (Å²) in [7, 11) is 0. The average Bonchev–Trinajstić information content (AvgIpc) is 2.69. The zero-order valence-corrected chi connectivity index (χ0v) is 15.4. The Morgan fingerprint density at radius 1 is 0.808 bits per heavy atom. The summed E-state index contributed by atoms with van der Waals surface area (Å²) in [5.41, 5.74) is 7.19. The van der Waals surface area contributed by atoms with E-state index < -0.39 is 0 Å². The van der Waals surface area contributed by atoms with Crippen LogP contribution in [0.25, 0.3) is 11.1 Å². The first-order chi connectivity index (χ1) is 12.7. The molecule has 0 amide bonds. The molecule has 0 aliphatic carbocycles. The standard InChI is InChI=1S/C25H25N/c1-3-4-5-6-21-9-11-22(12-10-21)19-26-25-17-15-24(16-18-25)23-13-7-20(2)8-14-23/h3,7-19H,1,4-6H2,2H3. The zero-order valence-electron chi connectivity index (χ0n) is 15.4. The molecule has 130 valence electrons. The van der Waals surface area contributed by atoms with Crippen LogP contribution < -0.4 is 0 Å². The molecule has 0 radical (unpaired) electrons. The highest BCUT2D eigenvalue weighted by Crippen LogP contribution is 2.23. The van der Waals surface area contributed by atoms with Crippen LogP contribution in [0.1, 0.15) is 29.5 Å². The SMILES string of the molecule is C=CCCCc1ccc(C=Nc2ccc(-c3ccc(C)cc3)cc2)cc1. The highest BCUT2D eigenvalue weighted by atomic mass is 14.7. The maximum Gasteiger partial charge on any atom is 0.0630 e. The minimum atomic E-state index is 0.968. The predicted octanol–water partition coefficient (Wildman–Crippen LogP) is 6.92. The minimum Gasteiger partial charge on any atom is -0.256 e. The average molecular weight is 339 g/mol. The Balaban J connectivity index is 1.63. The number of benzene rings is 3. The van der Waals surface area contributed by atoms with Crippen molar-refractivity contribution in [2.45, 2.75) is 26.2 Å². The smallest absolute Gasteiger partial charge is 0.0630 e. The normalized spacial score (nSPS) is 11.0. The van der Waals surface area contributed by atoms with Crippen LogP contribution in [0.3, 0.4) is 0 Å². The largest absolute Gasteiger partial charge is 0.256 e. The Bertz CT molecular complexity index is 854. The van der Waals surface area contributed by atoms with Crippen molar-refractivity contribution >= 4 is 11.9 Å². The summed E-state index contributed by atoms with van der Waals surface area (Å²) in [6.07, 6.45) is 7.23. The Kier molecular flexibility index (Phi) is 6.16. The van der Waals surface area contributed by atoms with Crippen LogP contribution in [-0.2, 0) is 6.42 Å². The number of unbranched alkanes of at least 4 members (excludes halogenated alkanes) is 1. The van der Waals surface area contributed by atoms with Crippen LogP contribution in [0.2, 0.25) is 0 Å². The van der Waals surface area contributed by atoms with Gasteiger partial charge in [0.1, 0.15) is 0 Å². The summed E-state index contributed by atoms with van der Waals surface area (Å²) in [6, 6.07) is 25.6. The summed E-state index contributed by atoms with van der Waals surface area (Å²) in [4.78, 5) is 4.59. The van der Waals surface area contributed by atoms with E-state index in [1.807, 2.05) is 12.3 Å². The van der Waals surface area contributed by atoms with E-state index in [1.54, 1.807) is 0 Å². The molecule has 0 bridgehead atoms. The van der Waals surface area contributed by atoms with E-state index in [0.29, 0.717) is 0 Å². The van der Waals surface area contributed by atoms with Crippen molar-refractivity contribution in [1.82, 2.24) is 0 Å². The van der Waals surface area contributed by atoms with Gasteiger partial charge in [-0.3, -0.25) is 4.99 Å². The summed E-state index contributed by atoms with van der Waals surface area (Å²) in [5, 5.41) is 0. The molecule has 0 aromatic heterocycles. The maximum atomic E-state index is 4.59. The van der Waals surface area contributed by atoms with E-state index in [0.717, 1.165) is 30.5 Å². The van der Waals surface area contributed by atoms with E-state index in [4.69, 9.17) is 0 Å². The summed E-state index contributed by atoms with van der Waals surface area (Å²) >= 11 is 0. The molecule has 26 heavy (non-hydrogen) atoms. The molecule has 0 saturated heterocycles. The van der Waals surface area contributed by atoms with Crippen LogP contribution in [0.5, 0.6) is 0 Å². The topological polar surface area (TPSA) is 12.4 Å². The van der Waals surface area contributed by atoms with Gasteiger partial charge in [-0.15, -0.1) is 6.58 Å². The van der Waals surface area contributed by atoms with Crippen molar-refractivity contribution in [1.29, 1.82) is 0 Å². The molecule has 0 aliphatic heterocycles. The lowest BCUT2D eigenvalue weighted by Crippen LogP contribution is -1.86. The molecule has 0 aliphatic rings. The summed E-state index contributed by atoms with van der Waals surface area (Å²) in [5.74, 6) is 0. The van der Waals surface area contributed by atoms with Gasteiger partial charge in [0.05, 0.1) is 5.69 Å². The van der Waals surface area contributed by atoms with Gasteiger partial charge in [-0.1, -0.05) is 72.3 Å². The van der Waals surface area contributed by atoms with Crippen molar-refractivity contribution in [3.8, 4) is 11.1 Å². The third-order valence-electron chi connectivity index (χ3n) is 4.47. The first-order valence-electron chi connectivity index (χ1n) is 9.15. The van der Waals surface area contributed by atoms with Crippen LogP contribution in [-0.4, -0.2) is 6.21 Å². The van der Waals surface area contributed by atoms with Crippen molar-refractivity contribution in [3.63, 3.8) is 0 Å². The minimum absolute atomic E-state index is 0.968. The number of aliphatic imine (C=N–C) groups is 1. The predicted molar refractivity (Wildman–Crippen MR) is 113 cm³/mol. The van der Waals surface area contributed by atoms with Crippen molar-refractivity contribution in [2.75, 3.05) is 0 Å². The van der Waals surface area contributed by atoms with Crippen molar-refractivity contribution < 1.29 is 0 Å². The Hall–Kier alpha value is -2.93. The lowest BCUT2D eigenvalue weighted by atomic mass is 10.0. The third-order valence-corrected chi connectivity index (χ3v) is 4.47. The molecular weight excluding hydrogens is 314 g/mol.